The Morgan fingerprint density at radius 2 is 1.68 bits per heavy atom. The van der Waals surface area contributed by atoms with Gasteiger partial charge in [-0.2, -0.15) is 0 Å². The first kappa shape index (κ1) is 22.0. The molecule has 0 aliphatic rings. The number of anilines is 1. The Hall–Kier alpha value is -2.34. The predicted molar refractivity (Wildman–Crippen MR) is 112 cm³/mol. The first-order chi connectivity index (χ1) is 13.2. The van der Waals surface area contributed by atoms with Crippen molar-refractivity contribution in [3.63, 3.8) is 0 Å². The maximum Gasteiger partial charge on any atom is 0.305 e. The molecule has 0 saturated heterocycles. The van der Waals surface area contributed by atoms with Crippen molar-refractivity contribution in [1.82, 2.24) is 0 Å². The van der Waals surface area contributed by atoms with Gasteiger partial charge in [0.2, 0.25) is 0 Å². The molecule has 0 atom stereocenters. The number of sulfonamides is 1. The zero-order chi connectivity index (χ0) is 20.7. The lowest BCUT2D eigenvalue weighted by Gasteiger charge is -2.15. The highest BCUT2D eigenvalue weighted by Crippen LogP contribution is 2.25. The molecular weight excluding hydrogens is 374 g/mol. The van der Waals surface area contributed by atoms with Crippen LogP contribution in [0.2, 0.25) is 0 Å². The Balaban J connectivity index is 2.05. The number of hydrogen-bond acceptors (Lipinski definition) is 4. The molecule has 0 aliphatic carbocycles. The summed E-state index contributed by atoms with van der Waals surface area (Å²) in [6, 6.07) is 11.0. The first-order valence-corrected chi connectivity index (χ1v) is 11.0. The lowest BCUT2D eigenvalue weighted by atomic mass is 10.1. The molecule has 0 aromatic heterocycles. The fraction of sp³-hybridized carbons (Fsp3) is 0.409. The monoisotopic (exact) mass is 403 g/mol. The summed E-state index contributed by atoms with van der Waals surface area (Å²) >= 11 is 0. The standard InChI is InChI=1S/C22H29NO4S/c1-16-13-17(2)22(18(3)14-16)23-28(25,26)20-11-8-10-19(15-20)9-6-5-7-12-21(24)27-4/h8,10-11,13-15,23H,5-7,9,12H2,1-4H3. The van der Waals surface area contributed by atoms with Gasteiger partial charge in [-0.1, -0.05) is 36.2 Å². The molecule has 2 aromatic rings. The molecule has 0 radical (unpaired) electrons. The van der Waals surface area contributed by atoms with Gasteiger partial charge in [0.05, 0.1) is 17.7 Å². The molecule has 5 nitrogen and oxygen atoms in total. The van der Waals surface area contributed by atoms with Crippen LogP contribution in [0.25, 0.3) is 0 Å². The van der Waals surface area contributed by atoms with Crippen LogP contribution in [-0.4, -0.2) is 21.5 Å². The fourth-order valence-electron chi connectivity index (χ4n) is 3.28. The highest BCUT2D eigenvalue weighted by atomic mass is 32.2. The molecule has 0 saturated carbocycles. The van der Waals surface area contributed by atoms with E-state index in [9.17, 15) is 13.2 Å². The van der Waals surface area contributed by atoms with Crippen LogP contribution in [-0.2, 0) is 26.0 Å². The quantitative estimate of drug-likeness (QED) is 0.487. The van der Waals surface area contributed by atoms with Gasteiger partial charge in [0.1, 0.15) is 0 Å². The lowest BCUT2D eigenvalue weighted by Crippen LogP contribution is -2.15. The van der Waals surface area contributed by atoms with Crippen molar-refractivity contribution >= 4 is 21.7 Å². The van der Waals surface area contributed by atoms with Crippen LogP contribution in [0.15, 0.2) is 41.3 Å². The summed E-state index contributed by atoms with van der Waals surface area (Å²) in [5.41, 5.74) is 4.52. The first-order valence-electron chi connectivity index (χ1n) is 9.49. The number of hydrogen-bond donors (Lipinski definition) is 1. The van der Waals surface area contributed by atoms with E-state index in [0.29, 0.717) is 12.1 Å². The number of carbonyl (C=O) groups excluding carboxylic acids is 1. The van der Waals surface area contributed by atoms with Crippen LogP contribution >= 0.6 is 0 Å². The number of benzene rings is 2. The van der Waals surface area contributed by atoms with E-state index in [4.69, 9.17) is 0 Å². The van der Waals surface area contributed by atoms with Crippen molar-refractivity contribution in [3.05, 3.63) is 58.7 Å². The zero-order valence-corrected chi connectivity index (χ0v) is 17.9. The normalized spacial score (nSPS) is 11.3. The Kier molecular flexibility index (Phi) is 7.63. The second kappa shape index (κ2) is 9.73. The Bertz CT molecular complexity index is 912. The molecule has 2 rings (SSSR count). The summed E-state index contributed by atoms with van der Waals surface area (Å²) in [6.45, 7) is 5.80. The van der Waals surface area contributed by atoms with Crippen molar-refractivity contribution in [2.24, 2.45) is 0 Å². The molecule has 152 valence electrons. The molecule has 2 aromatic carbocycles. The molecular formula is C22H29NO4S. The van der Waals surface area contributed by atoms with Crippen LogP contribution in [0.3, 0.4) is 0 Å². The number of rotatable bonds is 9. The third kappa shape index (κ3) is 6.09. The van der Waals surface area contributed by atoms with Gasteiger partial charge in [0.15, 0.2) is 0 Å². The number of nitrogens with one attached hydrogen (secondary N) is 1. The Morgan fingerprint density at radius 1 is 1.00 bits per heavy atom. The third-order valence-electron chi connectivity index (χ3n) is 4.70. The fourth-order valence-corrected chi connectivity index (χ4v) is 4.55. The zero-order valence-electron chi connectivity index (χ0n) is 17.0. The number of methoxy groups -OCH3 is 1. The minimum atomic E-state index is -3.65. The van der Waals surface area contributed by atoms with Crippen molar-refractivity contribution in [3.8, 4) is 0 Å². The van der Waals surface area contributed by atoms with Gasteiger partial charge in [-0.15, -0.1) is 0 Å². The van der Waals surface area contributed by atoms with Crippen molar-refractivity contribution in [1.29, 1.82) is 0 Å². The molecule has 1 N–H and O–H groups in total. The van der Waals surface area contributed by atoms with Crippen LogP contribution < -0.4 is 4.72 Å². The molecule has 0 amide bonds. The molecule has 28 heavy (non-hydrogen) atoms. The smallest absolute Gasteiger partial charge is 0.305 e. The highest BCUT2D eigenvalue weighted by molar-refractivity contribution is 7.92. The minimum absolute atomic E-state index is 0.194. The molecule has 0 fully saturated rings. The summed E-state index contributed by atoms with van der Waals surface area (Å²) in [6.07, 6.45) is 3.76. The second-order valence-electron chi connectivity index (χ2n) is 7.16. The number of ether oxygens (including phenoxy) is 1. The van der Waals surface area contributed by atoms with E-state index in [1.165, 1.54) is 7.11 Å². The summed E-state index contributed by atoms with van der Waals surface area (Å²) in [7, 11) is -2.26. The van der Waals surface area contributed by atoms with E-state index in [2.05, 4.69) is 9.46 Å². The van der Waals surface area contributed by atoms with Crippen LogP contribution in [0.5, 0.6) is 0 Å². The maximum absolute atomic E-state index is 12.9. The van der Waals surface area contributed by atoms with Gasteiger partial charge >= 0.3 is 5.97 Å². The molecule has 0 unspecified atom stereocenters. The lowest BCUT2D eigenvalue weighted by molar-refractivity contribution is -0.140. The van der Waals surface area contributed by atoms with Crippen molar-refractivity contribution < 1.29 is 17.9 Å². The Morgan fingerprint density at radius 3 is 2.32 bits per heavy atom. The highest BCUT2D eigenvalue weighted by Gasteiger charge is 2.17. The van der Waals surface area contributed by atoms with Crippen molar-refractivity contribution in [2.75, 3.05) is 11.8 Å². The van der Waals surface area contributed by atoms with Crippen molar-refractivity contribution in [2.45, 2.75) is 57.8 Å². The SMILES string of the molecule is COC(=O)CCCCCc1cccc(S(=O)(=O)Nc2c(C)cc(C)cc2C)c1. The molecule has 0 spiro atoms. The Labute approximate surface area is 168 Å². The van der Waals surface area contributed by atoms with Gasteiger partial charge in [0.25, 0.3) is 10.0 Å². The van der Waals surface area contributed by atoms with E-state index >= 15 is 0 Å². The average Bonchev–Trinajstić information content (AvgIpc) is 2.64. The van der Waals surface area contributed by atoms with E-state index in [1.54, 1.807) is 18.2 Å². The maximum atomic E-state index is 12.9. The summed E-state index contributed by atoms with van der Waals surface area (Å²) in [5, 5.41) is 0. The van der Waals surface area contributed by atoms with Gasteiger partial charge in [0, 0.05) is 6.42 Å². The van der Waals surface area contributed by atoms with Crippen LogP contribution in [0.1, 0.15) is 47.9 Å². The minimum Gasteiger partial charge on any atom is -0.469 e. The van der Waals surface area contributed by atoms with E-state index in [1.807, 2.05) is 39.0 Å². The van der Waals surface area contributed by atoms with E-state index < -0.39 is 10.0 Å². The van der Waals surface area contributed by atoms with Gasteiger partial charge in [-0.05, 0) is 68.9 Å². The second-order valence-corrected chi connectivity index (χ2v) is 8.85. The third-order valence-corrected chi connectivity index (χ3v) is 6.04. The summed E-state index contributed by atoms with van der Waals surface area (Å²) < 4.78 is 33.1. The van der Waals surface area contributed by atoms with E-state index in [-0.39, 0.29) is 10.9 Å². The molecule has 0 heterocycles. The summed E-state index contributed by atoms with van der Waals surface area (Å²) in [5.74, 6) is -0.194. The molecule has 0 bridgehead atoms. The number of esters is 1. The van der Waals surface area contributed by atoms with Crippen LogP contribution in [0.4, 0.5) is 5.69 Å². The topological polar surface area (TPSA) is 72.5 Å². The number of unbranched alkanes of at least 4 members (excludes halogenated alkanes) is 2. The predicted octanol–water partition coefficient (Wildman–Crippen LogP) is 4.69. The summed E-state index contributed by atoms with van der Waals surface area (Å²) in [4.78, 5) is 11.4. The van der Waals surface area contributed by atoms with E-state index in [0.717, 1.165) is 47.9 Å². The van der Waals surface area contributed by atoms with Gasteiger partial charge in [-0.25, -0.2) is 8.42 Å². The largest absolute Gasteiger partial charge is 0.469 e. The molecule has 0 aliphatic heterocycles. The van der Waals surface area contributed by atoms with Crippen LogP contribution in [0, 0.1) is 20.8 Å². The van der Waals surface area contributed by atoms with Gasteiger partial charge < -0.3 is 4.74 Å². The van der Waals surface area contributed by atoms with Gasteiger partial charge in [-0.3, -0.25) is 9.52 Å². The molecule has 6 heteroatoms. The number of carbonyl (C=O) groups is 1. The average molecular weight is 404 g/mol. The number of aryl methyl sites for hydroxylation is 4.